The Morgan fingerprint density at radius 1 is 1.39 bits per heavy atom. The standard InChI is InChI=1S/C14H14ClF2N3S3/c1-6(16)8(18)4-9-11(15)12-13(22-9)14(23-20-12)19-5-7-2-3-10(17)21-7/h2-3,6,8,19H,4-5,18H2,1H3/t6-,8-/m1/s1. The van der Waals surface area contributed by atoms with Gasteiger partial charge in [-0.15, -0.1) is 22.7 Å². The fourth-order valence-corrected chi connectivity index (χ4v) is 5.25. The van der Waals surface area contributed by atoms with Gasteiger partial charge in [-0.3, -0.25) is 0 Å². The van der Waals surface area contributed by atoms with Gasteiger partial charge in [-0.05, 0) is 30.6 Å². The summed E-state index contributed by atoms with van der Waals surface area (Å²) in [7, 11) is 0. The fourth-order valence-electron chi connectivity index (χ4n) is 2.05. The van der Waals surface area contributed by atoms with E-state index in [1.54, 1.807) is 6.07 Å². The summed E-state index contributed by atoms with van der Waals surface area (Å²) in [6, 6.07) is 2.62. The molecule has 0 spiro atoms. The van der Waals surface area contributed by atoms with Crippen LogP contribution in [0, 0.1) is 5.13 Å². The molecule has 0 fully saturated rings. The highest BCUT2D eigenvalue weighted by molar-refractivity contribution is 7.25. The fraction of sp³-hybridized carbons (Fsp3) is 0.357. The van der Waals surface area contributed by atoms with Gasteiger partial charge in [0.05, 0.1) is 16.3 Å². The largest absolute Gasteiger partial charge is 0.370 e. The number of nitrogens with one attached hydrogen (secondary N) is 1. The number of anilines is 1. The van der Waals surface area contributed by atoms with Gasteiger partial charge in [0.15, 0.2) is 5.13 Å². The zero-order chi connectivity index (χ0) is 16.6. The molecule has 3 aromatic heterocycles. The van der Waals surface area contributed by atoms with E-state index < -0.39 is 12.2 Å². The van der Waals surface area contributed by atoms with Crippen molar-refractivity contribution < 1.29 is 8.78 Å². The van der Waals surface area contributed by atoms with Crippen molar-refractivity contribution in [3.05, 3.63) is 32.0 Å². The van der Waals surface area contributed by atoms with Crippen LogP contribution in [-0.4, -0.2) is 16.6 Å². The van der Waals surface area contributed by atoms with E-state index in [0.29, 0.717) is 18.0 Å². The highest BCUT2D eigenvalue weighted by atomic mass is 35.5. The molecule has 3 heterocycles. The molecule has 3 aromatic rings. The number of halogens is 3. The highest BCUT2D eigenvalue weighted by Crippen LogP contribution is 2.42. The van der Waals surface area contributed by atoms with Crippen molar-refractivity contribution in [2.45, 2.75) is 32.1 Å². The van der Waals surface area contributed by atoms with E-state index in [9.17, 15) is 8.78 Å². The van der Waals surface area contributed by atoms with E-state index in [2.05, 4.69) is 9.69 Å². The lowest BCUT2D eigenvalue weighted by Gasteiger charge is -2.11. The normalized spacial score (nSPS) is 14.3. The highest BCUT2D eigenvalue weighted by Gasteiger charge is 2.21. The van der Waals surface area contributed by atoms with Crippen LogP contribution in [0.5, 0.6) is 0 Å². The third-order valence-electron chi connectivity index (χ3n) is 3.39. The first-order valence-electron chi connectivity index (χ1n) is 6.90. The van der Waals surface area contributed by atoms with Gasteiger partial charge in [-0.25, -0.2) is 4.39 Å². The number of rotatable bonds is 6. The number of thiophene rings is 2. The van der Waals surface area contributed by atoms with E-state index in [1.165, 1.54) is 35.9 Å². The Morgan fingerprint density at radius 3 is 2.83 bits per heavy atom. The van der Waals surface area contributed by atoms with Gasteiger partial charge >= 0.3 is 0 Å². The quantitative estimate of drug-likeness (QED) is 0.616. The Balaban J connectivity index is 1.79. The molecule has 3 N–H and O–H groups in total. The number of fused-ring (bicyclic) bond motifs is 1. The number of nitrogens with two attached hydrogens (primary N) is 1. The van der Waals surface area contributed by atoms with Crippen LogP contribution in [0.15, 0.2) is 12.1 Å². The van der Waals surface area contributed by atoms with Gasteiger partial charge < -0.3 is 11.1 Å². The first-order valence-corrected chi connectivity index (χ1v) is 9.68. The molecule has 0 unspecified atom stereocenters. The van der Waals surface area contributed by atoms with Crippen LogP contribution in [0.1, 0.15) is 16.7 Å². The summed E-state index contributed by atoms with van der Waals surface area (Å²) in [5.74, 6) is 0. The Kier molecular flexibility index (Phi) is 5.17. The lowest BCUT2D eigenvalue weighted by molar-refractivity contribution is 0.305. The molecule has 0 saturated carbocycles. The molecule has 0 aliphatic rings. The first kappa shape index (κ1) is 17.0. The Morgan fingerprint density at radius 2 is 2.17 bits per heavy atom. The molecule has 0 aromatic carbocycles. The summed E-state index contributed by atoms with van der Waals surface area (Å²) in [4.78, 5) is 1.75. The van der Waals surface area contributed by atoms with Crippen molar-refractivity contribution in [1.29, 1.82) is 0 Å². The topological polar surface area (TPSA) is 50.9 Å². The molecule has 124 valence electrons. The van der Waals surface area contributed by atoms with Crippen molar-refractivity contribution in [3.8, 4) is 0 Å². The van der Waals surface area contributed by atoms with Crippen LogP contribution in [0.4, 0.5) is 13.8 Å². The maximum absolute atomic E-state index is 13.3. The van der Waals surface area contributed by atoms with Crippen molar-refractivity contribution in [3.63, 3.8) is 0 Å². The van der Waals surface area contributed by atoms with Gasteiger partial charge in [0.2, 0.25) is 0 Å². The van der Waals surface area contributed by atoms with Crippen LogP contribution in [0.2, 0.25) is 5.02 Å². The van der Waals surface area contributed by atoms with Crippen LogP contribution in [0.25, 0.3) is 10.2 Å². The van der Waals surface area contributed by atoms with Crippen molar-refractivity contribution in [2.75, 3.05) is 5.32 Å². The minimum absolute atomic E-state index is 0.202. The lowest BCUT2D eigenvalue weighted by atomic mass is 10.1. The molecule has 3 rings (SSSR count). The number of hydrogen-bond donors (Lipinski definition) is 2. The SMILES string of the molecule is C[C@@H](F)[C@H](N)Cc1sc2c(NCc3ccc(F)s3)snc2c1Cl. The van der Waals surface area contributed by atoms with Gasteiger partial charge in [-0.2, -0.15) is 8.76 Å². The third-order valence-corrected chi connectivity index (χ3v) is 6.94. The van der Waals surface area contributed by atoms with E-state index >= 15 is 0 Å². The molecular formula is C14H14ClF2N3S3. The van der Waals surface area contributed by atoms with E-state index in [-0.39, 0.29) is 5.13 Å². The minimum Gasteiger partial charge on any atom is -0.370 e. The number of aromatic nitrogens is 1. The van der Waals surface area contributed by atoms with Crippen molar-refractivity contribution in [1.82, 2.24) is 4.37 Å². The molecule has 0 amide bonds. The molecule has 0 aliphatic heterocycles. The Hall–Kier alpha value is -0.800. The average molecular weight is 394 g/mol. The van der Waals surface area contributed by atoms with Crippen LogP contribution in [-0.2, 0) is 13.0 Å². The number of alkyl halides is 1. The second-order valence-electron chi connectivity index (χ2n) is 5.13. The summed E-state index contributed by atoms with van der Waals surface area (Å²) >= 11 is 10.2. The predicted octanol–water partition coefficient (Wildman–Crippen LogP) is 5.05. The summed E-state index contributed by atoms with van der Waals surface area (Å²) in [5, 5.41) is 4.49. The number of nitrogens with zero attached hydrogens (tertiary/aromatic N) is 1. The van der Waals surface area contributed by atoms with Crippen molar-refractivity contribution in [2.24, 2.45) is 5.73 Å². The monoisotopic (exact) mass is 393 g/mol. The zero-order valence-electron chi connectivity index (χ0n) is 12.1. The minimum atomic E-state index is -1.09. The lowest BCUT2D eigenvalue weighted by Crippen LogP contribution is -2.31. The van der Waals surface area contributed by atoms with E-state index in [4.69, 9.17) is 17.3 Å². The first-order chi connectivity index (χ1) is 11.0. The van der Waals surface area contributed by atoms with Gasteiger partial charge in [0.25, 0.3) is 0 Å². The molecule has 0 radical (unpaired) electrons. The molecule has 3 nitrogen and oxygen atoms in total. The molecule has 0 saturated heterocycles. The number of hydrogen-bond acceptors (Lipinski definition) is 6. The molecule has 9 heteroatoms. The van der Waals surface area contributed by atoms with Gasteiger partial charge in [0.1, 0.15) is 16.7 Å². The van der Waals surface area contributed by atoms with Crippen LogP contribution < -0.4 is 11.1 Å². The molecular weight excluding hydrogens is 380 g/mol. The Bertz CT molecular complexity index is 812. The molecule has 23 heavy (non-hydrogen) atoms. The van der Waals surface area contributed by atoms with Crippen molar-refractivity contribution >= 4 is 61.0 Å². The molecule has 0 bridgehead atoms. The second kappa shape index (κ2) is 6.98. The van der Waals surface area contributed by atoms with E-state index in [0.717, 1.165) is 36.3 Å². The van der Waals surface area contributed by atoms with Gasteiger partial charge in [-0.1, -0.05) is 11.6 Å². The summed E-state index contributed by atoms with van der Waals surface area (Å²) in [6.45, 7) is 1.97. The average Bonchev–Trinajstić information content (AvgIpc) is 3.16. The van der Waals surface area contributed by atoms with Crippen LogP contribution in [0.3, 0.4) is 0 Å². The Labute approximate surface area is 149 Å². The second-order valence-corrected chi connectivity index (χ2v) is 8.51. The van der Waals surface area contributed by atoms with Gasteiger partial charge in [0, 0.05) is 22.2 Å². The smallest absolute Gasteiger partial charge is 0.176 e. The maximum Gasteiger partial charge on any atom is 0.176 e. The van der Waals surface area contributed by atoms with Crippen LogP contribution >= 0.6 is 45.8 Å². The summed E-state index contributed by atoms with van der Waals surface area (Å²) in [6.07, 6.45) is -0.706. The summed E-state index contributed by atoms with van der Waals surface area (Å²) in [5.41, 5.74) is 6.51. The molecule has 0 aliphatic carbocycles. The summed E-state index contributed by atoms with van der Waals surface area (Å²) < 4.78 is 31.6. The zero-order valence-corrected chi connectivity index (χ0v) is 15.3. The van der Waals surface area contributed by atoms with E-state index in [1.807, 2.05) is 0 Å². The third kappa shape index (κ3) is 3.66. The maximum atomic E-state index is 13.3. The predicted molar refractivity (Wildman–Crippen MR) is 96.4 cm³/mol. The molecule has 2 atom stereocenters.